The summed E-state index contributed by atoms with van der Waals surface area (Å²) >= 11 is 0. The monoisotopic (exact) mass is 470 g/mol. The molecule has 33 heavy (non-hydrogen) atoms. The number of benzene rings is 1. The predicted molar refractivity (Wildman–Crippen MR) is 115 cm³/mol. The van der Waals surface area contributed by atoms with Crippen LogP contribution in [0.25, 0.3) is 22.8 Å². The first-order chi connectivity index (χ1) is 15.8. The third-order valence-electron chi connectivity index (χ3n) is 5.16. The smallest absolute Gasteiger partial charge is 0.329 e. The first-order valence-electron chi connectivity index (χ1n) is 9.87. The Kier molecular flexibility index (Phi) is 6.07. The Bertz CT molecular complexity index is 1290. The molecular formula is C22H20N3O7S+. The summed E-state index contributed by atoms with van der Waals surface area (Å²) in [7, 11) is -2.93. The van der Waals surface area contributed by atoms with Crippen LogP contribution in [-0.4, -0.2) is 48.3 Å². The van der Waals surface area contributed by atoms with E-state index in [4.69, 9.17) is 9.15 Å². The minimum absolute atomic E-state index is 0.158. The average molecular weight is 470 g/mol. The van der Waals surface area contributed by atoms with Crippen LogP contribution in [0.2, 0.25) is 0 Å². The normalized spacial score (nSPS) is 14.7. The highest BCUT2D eigenvalue weighted by molar-refractivity contribution is 7.85. The highest BCUT2D eigenvalue weighted by atomic mass is 32.2. The van der Waals surface area contributed by atoms with E-state index in [-0.39, 0.29) is 13.0 Å². The first kappa shape index (κ1) is 22.4. The fraction of sp³-hybridized carbons (Fsp3) is 0.182. The van der Waals surface area contributed by atoms with Gasteiger partial charge in [-0.1, -0.05) is 0 Å². The molecule has 11 heteroatoms. The van der Waals surface area contributed by atoms with Crippen LogP contribution in [0.15, 0.2) is 71.6 Å². The molecule has 0 radical (unpaired) electrons. The fourth-order valence-corrected chi connectivity index (χ4v) is 4.26. The van der Waals surface area contributed by atoms with Crippen LogP contribution in [-0.2, 0) is 19.7 Å². The Labute approximate surface area is 189 Å². The Morgan fingerprint density at radius 3 is 2.27 bits per heavy atom. The minimum atomic E-state index is -4.52. The van der Waals surface area contributed by atoms with Crippen molar-refractivity contribution in [3.05, 3.63) is 67.1 Å². The van der Waals surface area contributed by atoms with E-state index < -0.39 is 27.3 Å². The topological polar surface area (TPSA) is 131 Å². The molecule has 10 nitrogen and oxygen atoms in total. The second-order valence-corrected chi connectivity index (χ2v) is 8.79. The SMILES string of the molecule is COc1ccc(-c2cnc(-c3cc[n+](C(CCN4C(=O)C=CC4=O)S(=O)(=O)O)cc3)o2)cc1. The van der Waals surface area contributed by atoms with Gasteiger partial charge in [-0.25, -0.2) is 4.98 Å². The zero-order valence-corrected chi connectivity index (χ0v) is 18.3. The van der Waals surface area contributed by atoms with Gasteiger partial charge in [0.05, 0.1) is 13.3 Å². The van der Waals surface area contributed by atoms with Crippen LogP contribution in [0, 0.1) is 0 Å². The van der Waals surface area contributed by atoms with Gasteiger partial charge < -0.3 is 9.15 Å². The summed E-state index contributed by atoms with van der Waals surface area (Å²) in [5.74, 6) is 0.552. The minimum Gasteiger partial charge on any atom is -0.497 e. The molecule has 170 valence electrons. The highest BCUT2D eigenvalue weighted by Crippen LogP contribution is 2.27. The van der Waals surface area contributed by atoms with Crippen molar-refractivity contribution in [3.63, 3.8) is 0 Å². The average Bonchev–Trinajstić information content (AvgIpc) is 3.41. The summed E-state index contributed by atoms with van der Waals surface area (Å²) in [4.78, 5) is 28.6. The van der Waals surface area contributed by atoms with E-state index in [0.29, 0.717) is 23.0 Å². The van der Waals surface area contributed by atoms with Gasteiger partial charge in [0.1, 0.15) is 5.75 Å². The zero-order valence-electron chi connectivity index (χ0n) is 17.5. The lowest BCUT2D eigenvalue weighted by molar-refractivity contribution is -0.702. The number of carbonyl (C=O) groups excluding carboxylic acids is 2. The molecule has 1 unspecified atom stereocenters. The number of hydrogen-bond donors (Lipinski definition) is 1. The lowest BCUT2D eigenvalue weighted by Crippen LogP contribution is -2.45. The molecule has 4 rings (SSSR count). The summed E-state index contributed by atoms with van der Waals surface area (Å²) < 4.78 is 45.8. The third-order valence-corrected chi connectivity index (χ3v) is 6.32. The van der Waals surface area contributed by atoms with E-state index in [1.54, 1.807) is 37.6 Å². The molecule has 0 aliphatic carbocycles. The van der Waals surface area contributed by atoms with Crippen molar-refractivity contribution < 1.29 is 36.3 Å². The maximum absolute atomic E-state index is 12.0. The summed E-state index contributed by atoms with van der Waals surface area (Å²) in [6, 6.07) is 10.5. The van der Waals surface area contributed by atoms with Gasteiger partial charge in [0.25, 0.3) is 17.2 Å². The van der Waals surface area contributed by atoms with Crippen LogP contribution >= 0.6 is 0 Å². The number of hydrogen-bond acceptors (Lipinski definition) is 7. The highest BCUT2D eigenvalue weighted by Gasteiger charge is 2.34. The van der Waals surface area contributed by atoms with Crippen molar-refractivity contribution in [1.82, 2.24) is 9.88 Å². The molecule has 0 bridgehead atoms. The molecule has 0 saturated heterocycles. The molecule has 0 saturated carbocycles. The Balaban J connectivity index is 1.51. The maximum Gasteiger partial charge on any atom is 0.329 e. The van der Waals surface area contributed by atoms with Crippen LogP contribution in [0.3, 0.4) is 0 Å². The van der Waals surface area contributed by atoms with E-state index in [9.17, 15) is 22.6 Å². The second kappa shape index (κ2) is 8.96. The molecular weight excluding hydrogens is 450 g/mol. The number of nitrogens with zero attached hydrogens (tertiary/aromatic N) is 3. The Morgan fingerprint density at radius 1 is 1.06 bits per heavy atom. The van der Waals surface area contributed by atoms with Crippen LogP contribution in [0.4, 0.5) is 0 Å². The number of rotatable bonds is 8. The van der Waals surface area contributed by atoms with E-state index in [2.05, 4.69) is 4.98 Å². The standard InChI is InChI=1S/C22H19N3O7S/c1-31-17-4-2-15(3-5-17)18-14-23-22(32-18)16-8-11-24(12-9-16)21(33(28,29)30)10-13-25-19(26)6-7-20(25)27/h2-9,11-12,14,21H,10,13H2,1H3/p+1. The van der Waals surface area contributed by atoms with Crippen LogP contribution < -0.4 is 9.30 Å². The molecule has 1 aromatic carbocycles. The number of methoxy groups -OCH3 is 1. The molecule has 1 N–H and O–H groups in total. The lowest BCUT2D eigenvalue weighted by Gasteiger charge is -2.15. The maximum atomic E-state index is 12.0. The van der Waals surface area contributed by atoms with Gasteiger partial charge in [-0.05, 0) is 24.3 Å². The number of carbonyl (C=O) groups is 2. The number of aromatic nitrogens is 2. The molecule has 3 heterocycles. The number of pyridine rings is 1. The molecule has 2 amide bonds. The molecule has 1 aliphatic heterocycles. The molecule has 1 aliphatic rings. The Morgan fingerprint density at radius 2 is 1.70 bits per heavy atom. The summed E-state index contributed by atoms with van der Waals surface area (Å²) in [6.45, 7) is -0.158. The van der Waals surface area contributed by atoms with Gasteiger partial charge in [-0.2, -0.15) is 13.0 Å². The summed E-state index contributed by atoms with van der Waals surface area (Å²) in [5.41, 5.74) is 1.40. The zero-order chi connectivity index (χ0) is 23.6. The van der Waals surface area contributed by atoms with Gasteiger partial charge in [0.15, 0.2) is 18.2 Å². The number of amides is 2. The number of oxazole rings is 1. The third kappa shape index (κ3) is 4.83. The number of ether oxygens (including phenoxy) is 1. The van der Waals surface area contributed by atoms with E-state index in [1.165, 1.54) is 17.0 Å². The molecule has 0 spiro atoms. The van der Waals surface area contributed by atoms with Crippen LogP contribution in [0.5, 0.6) is 5.75 Å². The van der Waals surface area contributed by atoms with Crippen LogP contribution in [0.1, 0.15) is 11.8 Å². The quantitative estimate of drug-likeness (QED) is 0.301. The predicted octanol–water partition coefficient (Wildman–Crippen LogP) is 2.01. The molecule has 1 atom stereocenters. The largest absolute Gasteiger partial charge is 0.497 e. The van der Waals surface area contributed by atoms with Gasteiger partial charge in [-0.3, -0.25) is 19.0 Å². The van der Waals surface area contributed by atoms with Gasteiger partial charge >= 0.3 is 10.1 Å². The van der Waals surface area contributed by atoms with Gasteiger partial charge in [-0.15, -0.1) is 0 Å². The van der Waals surface area contributed by atoms with Crippen molar-refractivity contribution in [2.75, 3.05) is 13.7 Å². The van der Waals surface area contributed by atoms with E-state index in [0.717, 1.165) is 22.6 Å². The van der Waals surface area contributed by atoms with E-state index >= 15 is 0 Å². The first-order valence-corrected chi connectivity index (χ1v) is 11.4. The van der Waals surface area contributed by atoms with Crippen molar-refractivity contribution in [2.24, 2.45) is 0 Å². The molecule has 3 aromatic rings. The number of imide groups is 1. The van der Waals surface area contributed by atoms with E-state index in [1.807, 2.05) is 12.1 Å². The van der Waals surface area contributed by atoms with Crippen molar-refractivity contribution >= 4 is 21.9 Å². The van der Waals surface area contributed by atoms with Gasteiger partial charge in [0.2, 0.25) is 5.89 Å². The van der Waals surface area contributed by atoms with Gasteiger partial charge in [0, 0.05) is 48.4 Å². The van der Waals surface area contributed by atoms with Crippen molar-refractivity contribution in [2.45, 2.75) is 11.8 Å². The van der Waals surface area contributed by atoms with Crippen molar-refractivity contribution in [3.8, 4) is 28.5 Å². The molecule has 2 aromatic heterocycles. The Hall–Kier alpha value is -3.83. The van der Waals surface area contributed by atoms with Crippen molar-refractivity contribution in [1.29, 1.82) is 0 Å². The summed E-state index contributed by atoms with van der Waals surface area (Å²) in [6.07, 6.45) is 6.54. The summed E-state index contributed by atoms with van der Waals surface area (Å²) in [5, 5.41) is -1.38. The fourth-order valence-electron chi connectivity index (χ4n) is 3.41. The second-order valence-electron chi connectivity index (χ2n) is 7.21. The lowest BCUT2D eigenvalue weighted by atomic mass is 10.2. The molecule has 0 fully saturated rings.